The van der Waals surface area contributed by atoms with Crippen molar-refractivity contribution in [1.29, 1.82) is 0 Å². The fourth-order valence-corrected chi connectivity index (χ4v) is 2.65. The molecule has 0 saturated heterocycles. The van der Waals surface area contributed by atoms with Gasteiger partial charge in [0.05, 0.1) is 0 Å². The van der Waals surface area contributed by atoms with Crippen LogP contribution < -0.4 is 4.90 Å². The van der Waals surface area contributed by atoms with E-state index in [1.165, 1.54) is 0 Å². The van der Waals surface area contributed by atoms with Crippen molar-refractivity contribution in [2.45, 2.75) is 19.4 Å². The van der Waals surface area contributed by atoms with E-state index in [1.54, 1.807) is 0 Å². The van der Waals surface area contributed by atoms with E-state index in [-0.39, 0.29) is 11.7 Å². The van der Waals surface area contributed by atoms with Gasteiger partial charge in [0.2, 0.25) is 0 Å². The summed E-state index contributed by atoms with van der Waals surface area (Å²) >= 11 is 0. The van der Waals surface area contributed by atoms with Crippen LogP contribution in [0.25, 0.3) is 0 Å². The maximum Gasteiger partial charge on any atom is 0.190 e. The van der Waals surface area contributed by atoms with Crippen molar-refractivity contribution in [2.24, 2.45) is 5.92 Å². The lowest BCUT2D eigenvalue weighted by molar-refractivity contribution is 0.0885. The summed E-state index contributed by atoms with van der Waals surface area (Å²) in [6.45, 7) is 12.3. The van der Waals surface area contributed by atoms with Crippen LogP contribution >= 0.6 is 0 Å². The number of carbonyl (C=O) groups excluding carboxylic acids is 1. The number of nitrogens with zero attached hydrogens (tertiary/aromatic N) is 1. The topological polar surface area (TPSA) is 20.3 Å². The van der Waals surface area contributed by atoms with E-state index in [0.717, 1.165) is 11.3 Å². The number of hydrogen-bond donors (Lipinski definition) is 0. The summed E-state index contributed by atoms with van der Waals surface area (Å²) in [5.41, 5.74) is 1.24. The second-order valence-corrected chi connectivity index (χ2v) is 4.92. The zero-order valence-electron chi connectivity index (χ0n) is 11.0. The first kappa shape index (κ1) is 12.6. The number of ketones is 1. The largest absolute Gasteiger partial charge is 0.354 e. The van der Waals surface area contributed by atoms with Crippen LogP contribution in [0.4, 0.5) is 5.69 Å². The van der Waals surface area contributed by atoms with Gasteiger partial charge in [-0.2, -0.15) is 0 Å². The molecule has 0 N–H and O–H groups in total. The van der Waals surface area contributed by atoms with E-state index in [9.17, 15) is 4.79 Å². The van der Waals surface area contributed by atoms with Crippen molar-refractivity contribution in [3.05, 3.63) is 55.1 Å². The third kappa shape index (κ3) is 1.52. The highest BCUT2D eigenvalue weighted by atomic mass is 16.1. The van der Waals surface area contributed by atoms with Crippen LogP contribution in [0.5, 0.6) is 0 Å². The SMILES string of the molecule is C=CCN1c2ccccc2C(=O)C1(C)C(C)C=C. The van der Waals surface area contributed by atoms with Crippen LogP contribution in [0.2, 0.25) is 0 Å². The van der Waals surface area contributed by atoms with E-state index in [4.69, 9.17) is 0 Å². The minimum absolute atomic E-state index is 0.0809. The number of carbonyl (C=O) groups is 1. The molecule has 0 fully saturated rings. The summed E-state index contributed by atoms with van der Waals surface area (Å²) in [5.74, 6) is 0.254. The molecule has 1 aromatic carbocycles. The van der Waals surface area contributed by atoms with Gasteiger partial charge in [0.25, 0.3) is 0 Å². The van der Waals surface area contributed by atoms with Crippen LogP contribution in [0.1, 0.15) is 24.2 Å². The molecule has 1 aliphatic heterocycles. The molecule has 2 heteroatoms. The molecule has 2 rings (SSSR count). The van der Waals surface area contributed by atoms with Gasteiger partial charge < -0.3 is 4.90 Å². The third-order valence-electron chi connectivity index (χ3n) is 4.01. The van der Waals surface area contributed by atoms with Crippen molar-refractivity contribution in [3.8, 4) is 0 Å². The quantitative estimate of drug-likeness (QED) is 0.752. The first-order valence-electron chi connectivity index (χ1n) is 6.22. The van der Waals surface area contributed by atoms with Gasteiger partial charge in [-0.25, -0.2) is 0 Å². The number of fused-ring (bicyclic) bond motifs is 1. The lowest BCUT2D eigenvalue weighted by Gasteiger charge is -2.38. The van der Waals surface area contributed by atoms with E-state index in [2.05, 4.69) is 18.1 Å². The third-order valence-corrected chi connectivity index (χ3v) is 4.01. The van der Waals surface area contributed by atoms with E-state index in [0.29, 0.717) is 6.54 Å². The van der Waals surface area contributed by atoms with Gasteiger partial charge >= 0.3 is 0 Å². The van der Waals surface area contributed by atoms with Crippen molar-refractivity contribution >= 4 is 11.5 Å². The summed E-state index contributed by atoms with van der Waals surface area (Å²) in [5, 5.41) is 0. The molecular weight excluding hydrogens is 222 g/mol. The molecule has 2 nitrogen and oxygen atoms in total. The minimum atomic E-state index is -0.556. The molecule has 0 amide bonds. The van der Waals surface area contributed by atoms with Crippen LogP contribution in [0.3, 0.4) is 0 Å². The summed E-state index contributed by atoms with van der Waals surface area (Å²) in [4.78, 5) is 14.8. The molecule has 18 heavy (non-hydrogen) atoms. The first-order chi connectivity index (χ1) is 8.57. The summed E-state index contributed by atoms with van der Waals surface area (Å²) in [7, 11) is 0. The molecule has 2 unspecified atom stereocenters. The molecule has 0 bridgehead atoms. The van der Waals surface area contributed by atoms with Crippen LogP contribution in [-0.4, -0.2) is 17.9 Å². The van der Waals surface area contributed by atoms with E-state index >= 15 is 0 Å². The fraction of sp³-hybridized carbons (Fsp3) is 0.312. The lowest BCUT2D eigenvalue weighted by atomic mass is 9.82. The minimum Gasteiger partial charge on any atom is -0.354 e. The number of anilines is 1. The van der Waals surface area contributed by atoms with Crippen molar-refractivity contribution in [3.63, 3.8) is 0 Å². The Bertz CT molecular complexity index is 506. The Morgan fingerprint density at radius 3 is 2.67 bits per heavy atom. The molecule has 0 saturated carbocycles. The zero-order valence-corrected chi connectivity index (χ0v) is 11.0. The summed E-state index contributed by atoms with van der Waals surface area (Å²) < 4.78 is 0. The molecule has 2 atom stereocenters. The van der Waals surface area contributed by atoms with E-state index in [1.807, 2.05) is 50.3 Å². The maximum atomic E-state index is 12.7. The van der Waals surface area contributed by atoms with Gasteiger partial charge in [-0.3, -0.25) is 4.79 Å². The predicted octanol–water partition coefficient (Wildman–Crippen LogP) is 3.46. The monoisotopic (exact) mass is 241 g/mol. The van der Waals surface area contributed by atoms with E-state index < -0.39 is 5.54 Å². The Balaban J connectivity index is 2.59. The molecule has 0 aromatic heterocycles. The highest BCUT2D eigenvalue weighted by Crippen LogP contribution is 2.42. The highest BCUT2D eigenvalue weighted by Gasteiger charge is 2.49. The van der Waals surface area contributed by atoms with Gasteiger partial charge in [-0.15, -0.1) is 13.2 Å². The summed E-state index contributed by atoms with van der Waals surface area (Å²) in [6.07, 6.45) is 3.68. The Morgan fingerprint density at radius 1 is 1.39 bits per heavy atom. The number of benzene rings is 1. The summed E-state index contributed by atoms with van der Waals surface area (Å²) in [6, 6.07) is 7.77. The Hall–Kier alpha value is -1.83. The molecule has 1 aromatic rings. The first-order valence-corrected chi connectivity index (χ1v) is 6.22. The normalized spacial score (nSPS) is 23.7. The van der Waals surface area contributed by atoms with Crippen LogP contribution in [0, 0.1) is 5.92 Å². The number of hydrogen-bond acceptors (Lipinski definition) is 2. The van der Waals surface area contributed by atoms with Gasteiger partial charge in [0, 0.05) is 23.7 Å². The lowest BCUT2D eigenvalue weighted by Crippen LogP contribution is -2.52. The number of Topliss-reactive ketones (excluding diaryl/α,β-unsaturated/α-hetero) is 1. The average molecular weight is 241 g/mol. The Morgan fingerprint density at radius 2 is 2.06 bits per heavy atom. The standard InChI is InChI=1S/C16H19NO/c1-5-11-17-14-10-8-7-9-13(14)15(18)16(17,4)12(3)6-2/h5-10,12H,1-2,11H2,3-4H3. The second-order valence-electron chi connectivity index (χ2n) is 4.92. The molecule has 0 spiro atoms. The fourth-order valence-electron chi connectivity index (χ4n) is 2.65. The smallest absolute Gasteiger partial charge is 0.190 e. The van der Waals surface area contributed by atoms with Crippen LogP contribution in [-0.2, 0) is 0 Å². The molecular formula is C16H19NO. The predicted molar refractivity (Wildman–Crippen MR) is 76.1 cm³/mol. The second kappa shape index (κ2) is 4.45. The maximum absolute atomic E-state index is 12.7. The van der Waals surface area contributed by atoms with Gasteiger partial charge in [0.15, 0.2) is 5.78 Å². The Kier molecular flexibility index (Phi) is 3.12. The van der Waals surface area contributed by atoms with Crippen molar-refractivity contribution in [2.75, 3.05) is 11.4 Å². The zero-order chi connectivity index (χ0) is 13.3. The number of rotatable bonds is 4. The molecule has 94 valence electrons. The Labute approximate surface area is 109 Å². The molecule has 1 heterocycles. The van der Waals surface area contributed by atoms with Crippen molar-refractivity contribution < 1.29 is 4.79 Å². The number of para-hydroxylation sites is 1. The van der Waals surface area contributed by atoms with Gasteiger partial charge in [-0.1, -0.05) is 31.2 Å². The average Bonchev–Trinajstić information content (AvgIpc) is 2.62. The highest BCUT2D eigenvalue weighted by molar-refractivity contribution is 6.14. The van der Waals surface area contributed by atoms with Gasteiger partial charge in [-0.05, 0) is 19.1 Å². The molecule has 1 aliphatic rings. The van der Waals surface area contributed by atoms with Crippen molar-refractivity contribution in [1.82, 2.24) is 0 Å². The molecule has 0 radical (unpaired) electrons. The van der Waals surface area contributed by atoms with Gasteiger partial charge in [0.1, 0.15) is 5.54 Å². The van der Waals surface area contributed by atoms with Crippen LogP contribution in [0.15, 0.2) is 49.6 Å². The molecule has 0 aliphatic carbocycles.